The summed E-state index contributed by atoms with van der Waals surface area (Å²) >= 11 is 0. The molecule has 1 saturated heterocycles. The fraction of sp³-hybridized carbons (Fsp3) is 0.625. The van der Waals surface area contributed by atoms with E-state index in [9.17, 15) is 23.9 Å². The third-order valence-corrected chi connectivity index (χ3v) is 8.60. The van der Waals surface area contributed by atoms with Crippen LogP contribution in [0.5, 0.6) is 0 Å². The smallest absolute Gasteiger partial charge is 0.258 e. The summed E-state index contributed by atoms with van der Waals surface area (Å²) in [6.07, 6.45) is 6.27. The highest BCUT2D eigenvalue weighted by molar-refractivity contribution is 5.93. The lowest BCUT2D eigenvalue weighted by atomic mass is 9.85. The van der Waals surface area contributed by atoms with E-state index in [0.717, 1.165) is 37.8 Å². The molecule has 3 amide bonds. The van der Waals surface area contributed by atoms with E-state index in [4.69, 9.17) is 0 Å². The molecule has 9 nitrogen and oxygen atoms in total. The van der Waals surface area contributed by atoms with Gasteiger partial charge in [0.25, 0.3) is 5.91 Å². The summed E-state index contributed by atoms with van der Waals surface area (Å²) in [6.45, 7) is 6.63. The number of hydrogen-bond donors (Lipinski definition) is 3. The largest absolute Gasteiger partial charge is 0.391 e. The van der Waals surface area contributed by atoms with Crippen LogP contribution in [0.2, 0.25) is 0 Å². The van der Waals surface area contributed by atoms with Gasteiger partial charge in [-0.2, -0.15) is 0 Å². The van der Waals surface area contributed by atoms with Gasteiger partial charge in [-0.15, -0.1) is 0 Å². The zero-order valence-electron chi connectivity index (χ0n) is 24.9. The van der Waals surface area contributed by atoms with E-state index in [1.807, 2.05) is 43.9 Å². The van der Waals surface area contributed by atoms with E-state index in [0.29, 0.717) is 25.3 Å². The van der Waals surface area contributed by atoms with Crippen LogP contribution in [-0.4, -0.2) is 73.5 Å². The zero-order valence-corrected chi connectivity index (χ0v) is 24.9. The lowest BCUT2D eigenvalue weighted by Crippen LogP contribution is -2.56. The van der Waals surface area contributed by atoms with Gasteiger partial charge in [0.15, 0.2) is 5.67 Å². The van der Waals surface area contributed by atoms with Crippen molar-refractivity contribution in [3.63, 3.8) is 0 Å². The van der Waals surface area contributed by atoms with Gasteiger partial charge in [0.2, 0.25) is 11.8 Å². The number of carbonyl (C=O) groups is 3. The number of aromatic amines is 1. The highest BCUT2D eigenvalue weighted by Gasteiger charge is 2.53. The van der Waals surface area contributed by atoms with E-state index in [2.05, 4.69) is 27.4 Å². The van der Waals surface area contributed by atoms with Crippen molar-refractivity contribution in [1.82, 2.24) is 25.1 Å². The molecule has 1 aliphatic heterocycles. The average Bonchev–Trinajstić information content (AvgIpc) is 3.86. The molecule has 2 saturated carbocycles. The molecule has 42 heavy (non-hydrogen) atoms. The second-order valence-electron chi connectivity index (χ2n) is 13.4. The Morgan fingerprint density at radius 1 is 1.19 bits per heavy atom. The van der Waals surface area contributed by atoms with Gasteiger partial charge in [0.1, 0.15) is 11.9 Å². The van der Waals surface area contributed by atoms with Crippen molar-refractivity contribution >= 4 is 17.7 Å². The van der Waals surface area contributed by atoms with Crippen molar-refractivity contribution in [2.75, 3.05) is 13.1 Å². The molecule has 1 aromatic heterocycles. The fourth-order valence-electron chi connectivity index (χ4n) is 5.69. The number of hydrogen-bond acceptors (Lipinski definition) is 5. The van der Waals surface area contributed by atoms with Crippen molar-refractivity contribution < 1.29 is 23.9 Å². The maximum Gasteiger partial charge on any atom is 0.258 e. The Morgan fingerprint density at radius 3 is 2.55 bits per heavy atom. The molecule has 2 heterocycles. The number of benzene rings is 1. The first-order chi connectivity index (χ1) is 19.9. The number of imidazole rings is 1. The summed E-state index contributed by atoms with van der Waals surface area (Å²) in [7, 11) is 0. The normalized spacial score (nSPS) is 22.1. The van der Waals surface area contributed by atoms with E-state index in [1.165, 1.54) is 10.5 Å². The molecule has 3 atom stereocenters. The number of nitrogens with zero attached hydrogens (tertiary/aromatic N) is 3. The van der Waals surface area contributed by atoms with E-state index >= 15 is 0 Å². The molecule has 0 unspecified atom stereocenters. The van der Waals surface area contributed by atoms with Crippen LogP contribution in [0.1, 0.15) is 88.8 Å². The van der Waals surface area contributed by atoms with Crippen LogP contribution in [0.15, 0.2) is 36.5 Å². The summed E-state index contributed by atoms with van der Waals surface area (Å²) < 4.78 is 14.5. The molecule has 2 aliphatic carbocycles. The number of rotatable bonds is 12. The minimum atomic E-state index is -1.89. The van der Waals surface area contributed by atoms with E-state index < -0.39 is 35.2 Å². The molecule has 0 bridgehead atoms. The predicted molar refractivity (Wildman–Crippen MR) is 156 cm³/mol. The number of β-amino-alcohol motifs (C(OH)–C–C–N with tert-alkyl or cyclic N) is 1. The number of carbonyl (C=O) groups excluding carboxylic acids is 3. The van der Waals surface area contributed by atoms with Gasteiger partial charge in [0.05, 0.1) is 30.6 Å². The summed E-state index contributed by atoms with van der Waals surface area (Å²) in [6, 6.07) is 8.85. The maximum absolute atomic E-state index is 14.5. The van der Waals surface area contributed by atoms with Crippen LogP contribution in [-0.2, 0) is 27.3 Å². The van der Waals surface area contributed by atoms with Crippen LogP contribution >= 0.6 is 0 Å². The second-order valence-corrected chi connectivity index (χ2v) is 13.4. The van der Waals surface area contributed by atoms with Crippen LogP contribution in [0.3, 0.4) is 0 Å². The SMILES string of the molecule is CC(C)(C)[C@H](NC(=O)C1(F)CC1)C(=O)N1C[C@H](O)C[C@H]1c1ncc(CN(CCCCc2ccccc2)C(=O)C2CC2)[nH]1. The molecule has 0 spiro atoms. The molecule has 10 heteroatoms. The molecule has 228 valence electrons. The Morgan fingerprint density at radius 2 is 1.90 bits per heavy atom. The van der Waals surface area contributed by atoms with Gasteiger partial charge in [-0.3, -0.25) is 14.4 Å². The van der Waals surface area contributed by atoms with Crippen LogP contribution in [0.25, 0.3) is 0 Å². The van der Waals surface area contributed by atoms with Gasteiger partial charge in [-0.1, -0.05) is 51.1 Å². The molecule has 0 radical (unpaired) electrons. The highest BCUT2D eigenvalue weighted by atomic mass is 19.1. The van der Waals surface area contributed by atoms with Crippen molar-refractivity contribution in [3.05, 3.63) is 53.6 Å². The number of aliphatic hydroxyl groups excluding tert-OH is 1. The summed E-state index contributed by atoms with van der Waals surface area (Å²) in [4.78, 5) is 50.8. The lowest BCUT2D eigenvalue weighted by Gasteiger charge is -2.35. The van der Waals surface area contributed by atoms with Crippen molar-refractivity contribution in [2.45, 2.75) is 103 Å². The number of likely N-dealkylation sites (tertiary alicyclic amines) is 1. The number of halogens is 1. The summed E-state index contributed by atoms with van der Waals surface area (Å²) in [5.74, 6) is -0.326. The van der Waals surface area contributed by atoms with Gasteiger partial charge in [0, 0.05) is 25.4 Å². The minimum absolute atomic E-state index is 0.0937. The number of nitrogens with one attached hydrogen (secondary N) is 2. The maximum atomic E-state index is 14.5. The van der Waals surface area contributed by atoms with Crippen molar-refractivity contribution in [3.8, 4) is 0 Å². The van der Waals surface area contributed by atoms with Crippen LogP contribution in [0, 0.1) is 11.3 Å². The molecule has 1 aromatic carbocycles. The minimum Gasteiger partial charge on any atom is -0.391 e. The molecule has 2 aromatic rings. The molecular weight excluding hydrogens is 537 g/mol. The Balaban J connectivity index is 1.25. The number of alkyl halides is 1. The van der Waals surface area contributed by atoms with Gasteiger partial charge in [-0.05, 0) is 55.9 Å². The predicted octanol–water partition coefficient (Wildman–Crippen LogP) is 3.84. The topological polar surface area (TPSA) is 119 Å². The Kier molecular flexibility index (Phi) is 8.73. The van der Waals surface area contributed by atoms with Crippen LogP contribution in [0.4, 0.5) is 4.39 Å². The summed E-state index contributed by atoms with van der Waals surface area (Å²) in [5, 5.41) is 13.2. The summed E-state index contributed by atoms with van der Waals surface area (Å²) in [5.41, 5.74) is -0.507. The third-order valence-electron chi connectivity index (χ3n) is 8.60. The Bertz CT molecular complexity index is 1270. The molecule has 3 fully saturated rings. The zero-order chi connectivity index (χ0) is 30.1. The quantitative estimate of drug-likeness (QED) is 0.329. The first-order valence-corrected chi connectivity index (χ1v) is 15.3. The first-order valence-electron chi connectivity index (χ1n) is 15.3. The number of H-pyrrole nitrogens is 1. The molecule has 3 N–H and O–H groups in total. The van der Waals surface area contributed by atoms with Gasteiger partial charge < -0.3 is 25.2 Å². The van der Waals surface area contributed by atoms with E-state index in [1.54, 1.807) is 6.20 Å². The van der Waals surface area contributed by atoms with Crippen LogP contribution < -0.4 is 5.32 Å². The molecule has 3 aliphatic rings. The number of aliphatic hydroxyl groups is 1. The first kappa shape index (κ1) is 30.2. The number of unbranched alkanes of at least 4 members (excludes halogenated alkanes) is 1. The van der Waals surface area contributed by atoms with Gasteiger partial charge >= 0.3 is 0 Å². The average molecular weight is 582 g/mol. The fourth-order valence-corrected chi connectivity index (χ4v) is 5.69. The number of amides is 3. The lowest BCUT2D eigenvalue weighted by molar-refractivity contribution is -0.142. The third kappa shape index (κ3) is 7.19. The molecular formula is C32H44FN5O4. The number of aryl methyl sites for hydroxylation is 1. The molecule has 5 rings (SSSR count). The van der Waals surface area contributed by atoms with E-state index in [-0.39, 0.29) is 37.1 Å². The second kappa shape index (κ2) is 12.1. The Hall–Kier alpha value is -3.27. The highest BCUT2D eigenvalue weighted by Crippen LogP contribution is 2.41. The van der Waals surface area contributed by atoms with Crippen molar-refractivity contribution in [2.24, 2.45) is 11.3 Å². The number of aromatic nitrogens is 2. The Labute approximate surface area is 247 Å². The van der Waals surface area contributed by atoms with Crippen molar-refractivity contribution in [1.29, 1.82) is 0 Å². The van der Waals surface area contributed by atoms with Gasteiger partial charge in [-0.25, -0.2) is 9.37 Å². The standard InChI is InChI=1S/C32H44FN5O4/c1-31(2,3)26(36-30(42)32(33)14-15-32)29(41)38-20-24(39)17-25(38)27-34-18-23(35-27)19-37(28(40)22-12-13-22)16-8-7-11-21-9-5-4-6-10-21/h4-6,9-10,18,22,24-26,39H,7-8,11-17,19-20H2,1-3H3,(H,34,35)(H,36,42)/t24-,25+,26-/m1/s1. The monoisotopic (exact) mass is 581 g/mol.